The van der Waals surface area contributed by atoms with Gasteiger partial charge in [-0.2, -0.15) is 0 Å². The summed E-state index contributed by atoms with van der Waals surface area (Å²) in [5.41, 5.74) is 5.78. The Balaban J connectivity index is 1.59. The van der Waals surface area contributed by atoms with Crippen molar-refractivity contribution in [3.05, 3.63) is 22.4 Å². The summed E-state index contributed by atoms with van der Waals surface area (Å²) >= 11 is 3.17. The average Bonchev–Trinajstić information content (AvgIpc) is 3.15. The largest absolute Gasteiger partial charge is 0.383 e. The van der Waals surface area contributed by atoms with Crippen molar-refractivity contribution >= 4 is 43.9 Å². The van der Waals surface area contributed by atoms with E-state index in [1.165, 1.54) is 18.4 Å². The van der Waals surface area contributed by atoms with Crippen molar-refractivity contribution < 1.29 is 14.3 Å². The zero-order valence-electron chi connectivity index (χ0n) is 12.9. The van der Waals surface area contributed by atoms with E-state index >= 15 is 0 Å². The van der Waals surface area contributed by atoms with Gasteiger partial charge >= 0.3 is 0 Å². The molecule has 0 radical (unpaired) electrons. The Labute approximate surface area is 142 Å². The summed E-state index contributed by atoms with van der Waals surface area (Å²) in [6.07, 6.45) is 0. The second kappa shape index (κ2) is 6.96. The minimum absolute atomic E-state index is 0.0479. The SMILES string of the molecule is COCC(N)C(=O)N1CCN(C(=O)c2cc3sccc3s2)CC1. The highest BCUT2D eigenvalue weighted by Crippen LogP contribution is 2.30. The fourth-order valence-corrected chi connectivity index (χ4v) is 4.72. The molecule has 1 unspecified atom stereocenters. The second-order valence-corrected chi connectivity index (χ2v) is 7.47. The van der Waals surface area contributed by atoms with Gasteiger partial charge in [0.15, 0.2) is 0 Å². The lowest BCUT2D eigenvalue weighted by Gasteiger charge is -2.35. The molecule has 2 amide bonds. The third-order valence-corrected chi connectivity index (χ3v) is 5.97. The number of nitrogens with zero attached hydrogens (tertiary/aromatic N) is 2. The Bertz CT molecular complexity index is 675. The number of nitrogens with two attached hydrogens (primary N) is 1. The lowest BCUT2D eigenvalue weighted by Crippen LogP contribution is -2.55. The van der Waals surface area contributed by atoms with Crippen LogP contribution in [0, 0.1) is 0 Å². The molecule has 6 nitrogen and oxygen atoms in total. The monoisotopic (exact) mass is 353 g/mol. The molecule has 2 aromatic heterocycles. The molecule has 0 aliphatic carbocycles. The number of carbonyl (C=O) groups is 2. The predicted molar refractivity (Wildman–Crippen MR) is 92.0 cm³/mol. The number of fused-ring (bicyclic) bond motifs is 1. The number of amides is 2. The van der Waals surface area contributed by atoms with Crippen molar-refractivity contribution in [3.63, 3.8) is 0 Å². The second-order valence-electron chi connectivity index (χ2n) is 5.44. The van der Waals surface area contributed by atoms with Gasteiger partial charge in [-0.15, -0.1) is 22.7 Å². The molecule has 0 bridgehead atoms. The van der Waals surface area contributed by atoms with Gasteiger partial charge in [0.05, 0.1) is 11.5 Å². The Hall–Kier alpha value is -1.48. The van der Waals surface area contributed by atoms with E-state index in [1.54, 1.807) is 21.1 Å². The van der Waals surface area contributed by atoms with Crippen LogP contribution in [0.4, 0.5) is 0 Å². The highest BCUT2D eigenvalue weighted by atomic mass is 32.1. The molecule has 3 heterocycles. The fraction of sp³-hybridized carbons (Fsp3) is 0.467. The van der Waals surface area contributed by atoms with Crippen molar-refractivity contribution in [2.75, 3.05) is 39.9 Å². The van der Waals surface area contributed by atoms with Gasteiger partial charge in [0.25, 0.3) is 5.91 Å². The summed E-state index contributed by atoms with van der Waals surface area (Å²) in [6, 6.07) is 3.36. The average molecular weight is 353 g/mol. The number of rotatable bonds is 4. The maximum atomic E-state index is 12.6. The molecule has 0 spiro atoms. The van der Waals surface area contributed by atoms with E-state index in [2.05, 4.69) is 0 Å². The molecule has 1 atom stereocenters. The van der Waals surface area contributed by atoms with Crippen molar-refractivity contribution in [2.24, 2.45) is 5.73 Å². The smallest absolute Gasteiger partial charge is 0.264 e. The van der Waals surface area contributed by atoms with Gasteiger partial charge in [-0.1, -0.05) is 0 Å². The Morgan fingerprint density at radius 1 is 1.26 bits per heavy atom. The summed E-state index contributed by atoms with van der Waals surface area (Å²) in [5, 5.41) is 2.03. The zero-order chi connectivity index (χ0) is 16.4. The van der Waals surface area contributed by atoms with E-state index in [9.17, 15) is 9.59 Å². The van der Waals surface area contributed by atoms with E-state index in [0.29, 0.717) is 26.2 Å². The summed E-state index contributed by atoms with van der Waals surface area (Å²) in [4.78, 5) is 29.0. The Kier molecular flexibility index (Phi) is 4.96. The summed E-state index contributed by atoms with van der Waals surface area (Å²) in [6.45, 7) is 2.32. The van der Waals surface area contributed by atoms with Gasteiger partial charge in [0.1, 0.15) is 6.04 Å². The van der Waals surface area contributed by atoms with E-state index in [-0.39, 0.29) is 18.4 Å². The highest BCUT2D eigenvalue weighted by molar-refractivity contribution is 7.27. The van der Waals surface area contributed by atoms with Gasteiger partial charge in [-0.05, 0) is 17.5 Å². The minimum atomic E-state index is -0.633. The van der Waals surface area contributed by atoms with E-state index in [0.717, 1.165) is 14.3 Å². The fourth-order valence-electron chi connectivity index (χ4n) is 2.64. The molecule has 1 aliphatic heterocycles. The Morgan fingerprint density at radius 3 is 2.61 bits per heavy atom. The van der Waals surface area contributed by atoms with Crippen LogP contribution >= 0.6 is 22.7 Å². The molecule has 0 aromatic carbocycles. The van der Waals surface area contributed by atoms with Gasteiger partial charge in [0, 0.05) is 42.7 Å². The van der Waals surface area contributed by atoms with E-state index < -0.39 is 6.04 Å². The quantitative estimate of drug-likeness (QED) is 0.897. The molecule has 124 valence electrons. The van der Waals surface area contributed by atoms with Crippen LogP contribution in [0.5, 0.6) is 0 Å². The number of methoxy groups -OCH3 is 1. The van der Waals surface area contributed by atoms with Crippen molar-refractivity contribution in [3.8, 4) is 0 Å². The molecular weight excluding hydrogens is 334 g/mol. The minimum Gasteiger partial charge on any atom is -0.383 e. The molecule has 2 N–H and O–H groups in total. The summed E-state index contributed by atoms with van der Waals surface area (Å²) in [7, 11) is 1.52. The summed E-state index contributed by atoms with van der Waals surface area (Å²) < 4.78 is 7.22. The number of piperazine rings is 1. The molecule has 23 heavy (non-hydrogen) atoms. The third kappa shape index (κ3) is 3.40. The number of carbonyl (C=O) groups excluding carboxylic acids is 2. The van der Waals surface area contributed by atoms with Crippen molar-refractivity contribution in [1.29, 1.82) is 0 Å². The normalized spacial score (nSPS) is 16.8. The van der Waals surface area contributed by atoms with Crippen LogP contribution in [0.15, 0.2) is 17.5 Å². The maximum Gasteiger partial charge on any atom is 0.264 e. The molecule has 2 aromatic rings. The van der Waals surface area contributed by atoms with Gasteiger partial charge in [-0.25, -0.2) is 0 Å². The maximum absolute atomic E-state index is 12.6. The van der Waals surface area contributed by atoms with Crippen molar-refractivity contribution in [2.45, 2.75) is 6.04 Å². The van der Waals surface area contributed by atoms with Crippen LogP contribution in [0.3, 0.4) is 0 Å². The topological polar surface area (TPSA) is 75.9 Å². The van der Waals surface area contributed by atoms with Crippen LogP contribution in [0.2, 0.25) is 0 Å². The number of hydrogen-bond acceptors (Lipinski definition) is 6. The highest BCUT2D eigenvalue weighted by Gasteiger charge is 2.28. The van der Waals surface area contributed by atoms with Crippen LogP contribution in [0.25, 0.3) is 9.40 Å². The zero-order valence-corrected chi connectivity index (χ0v) is 14.5. The molecule has 1 saturated heterocycles. The predicted octanol–water partition coefficient (Wildman–Crippen LogP) is 1.22. The van der Waals surface area contributed by atoms with Gasteiger partial charge < -0.3 is 20.3 Å². The first-order valence-electron chi connectivity index (χ1n) is 7.39. The first-order valence-corrected chi connectivity index (χ1v) is 9.09. The van der Waals surface area contributed by atoms with Crippen LogP contribution in [-0.2, 0) is 9.53 Å². The lowest BCUT2D eigenvalue weighted by atomic mass is 10.2. The first kappa shape index (κ1) is 16.4. The molecule has 8 heteroatoms. The number of ether oxygens (including phenoxy) is 1. The van der Waals surface area contributed by atoms with Crippen LogP contribution in [-0.4, -0.2) is 67.6 Å². The number of thiophene rings is 2. The molecule has 1 aliphatic rings. The molecule has 3 rings (SSSR count). The van der Waals surface area contributed by atoms with Gasteiger partial charge in [0.2, 0.25) is 5.91 Å². The van der Waals surface area contributed by atoms with E-state index in [1.807, 2.05) is 17.5 Å². The van der Waals surface area contributed by atoms with E-state index in [4.69, 9.17) is 10.5 Å². The molecule has 1 fully saturated rings. The summed E-state index contributed by atoms with van der Waals surface area (Å²) in [5.74, 6) is -0.0673. The van der Waals surface area contributed by atoms with Crippen molar-refractivity contribution in [1.82, 2.24) is 9.80 Å². The standard InChI is InChI=1S/C15H19N3O3S2/c1-21-9-10(16)14(19)17-3-5-18(6-4-17)15(20)13-8-12-11(23-13)2-7-22-12/h2,7-8,10H,3-6,9,16H2,1H3. The Morgan fingerprint density at radius 2 is 1.96 bits per heavy atom. The number of hydrogen-bond donors (Lipinski definition) is 1. The van der Waals surface area contributed by atoms with Gasteiger partial charge in [-0.3, -0.25) is 9.59 Å². The first-order chi connectivity index (χ1) is 11.1. The lowest BCUT2D eigenvalue weighted by molar-refractivity contribution is -0.135. The molecular formula is C15H19N3O3S2. The molecule has 0 saturated carbocycles. The van der Waals surface area contributed by atoms with Crippen LogP contribution in [0.1, 0.15) is 9.67 Å². The third-order valence-electron chi connectivity index (χ3n) is 3.89. The van der Waals surface area contributed by atoms with Crippen LogP contribution < -0.4 is 5.73 Å².